The van der Waals surface area contributed by atoms with Gasteiger partial charge in [-0.15, -0.1) is 0 Å². The van der Waals surface area contributed by atoms with Crippen molar-refractivity contribution in [3.05, 3.63) is 131 Å². The van der Waals surface area contributed by atoms with Crippen LogP contribution in [0.2, 0.25) is 0 Å². The molecule has 6 aliphatic rings. The fourth-order valence-electron chi connectivity index (χ4n) is 7.27. The van der Waals surface area contributed by atoms with Crippen LogP contribution in [-0.4, -0.2) is 47.2 Å². The highest BCUT2D eigenvalue weighted by Gasteiger charge is 2.50. The van der Waals surface area contributed by atoms with Crippen LogP contribution >= 0.6 is 0 Å². The minimum absolute atomic E-state index is 0.0748. The second-order valence-electron chi connectivity index (χ2n) is 14.0. The molecule has 10 rings (SSSR count). The number of hydrogen-bond donors (Lipinski definition) is 2. The number of fused-ring (bicyclic) bond motifs is 2. The van der Waals surface area contributed by atoms with Gasteiger partial charge in [0.2, 0.25) is 13.6 Å². The Bertz CT molecular complexity index is 2330. The molecule has 0 aromatic heterocycles. The van der Waals surface area contributed by atoms with Crippen LogP contribution in [0.4, 0.5) is 15.8 Å². The summed E-state index contributed by atoms with van der Waals surface area (Å²) in [6.07, 6.45) is 3.11. The molecule has 0 bridgehead atoms. The van der Waals surface area contributed by atoms with Gasteiger partial charge in [0, 0.05) is 35.3 Å². The van der Waals surface area contributed by atoms with Gasteiger partial charge in [-0.05, 0) is 73.2 Å². The molecule has 12 nitrogen and oxygen atoms in total. The molecule has 4 aromatic rings. The van der Waals surface area contributed by atoms with Gasteiger partial charge >= 0.3 is 0 Å². The first-order valence-electron chi connectivity index (χ1n) is 17.9. The maximum Gasteiger partial charge on any atom is 0.266 e. The highest BCUT2D eigenvalue weighted by molar-refractivity contribution is 6.34. The maximum absolute atomic E-state index is 13.4. The van der Waals surface area contributed by atoms with Gasteiger partial charge in [-0.25, -0.2) is 4.39 Å². The Labute approximate surface area is 313 Å². The fraction of sp³-hybridized carbons (Fsp3) is 0.238. The van der Waals surface area contributed by atoms with Crippen molar-refractivity contribution in [2.45, 2.75) is 37.8 Å². The number of benzene rings is 4. The van der Waals surface area contributed by atoms with Crippen molar-refractivity contribution in [3.8, 4) is 23.0 Å². The van der Waals surface area contributed by atoms with E-state index in [2.05, 4.69) is 0 Å². The summed E-state index contributed by atoms with van der Waals surface area (Å²) < 4.78 is 34.8. The summed E-state index contributed by atoms with van der Waals surface area (Å²) in [6.45, 7) is 0.210. The minimum atomic E-state index is -0.982. The number of rotatable bonds is 6. The quantitative estimate of drug-likeness (QED) is 0.124. The van der Waals surface area contributed by atoms with Gasteiger partial charge in [-0.3, -0.25) is 29.0 Å². The molecular weight excluding hydrogens is 711 g/mol. The van der Waals surface area contributed by atoms with Crippen LogP contribution in [0, 0.1) is 17.7 Å². The number of carbonyl (C=O) groups is 4. The highest BCUT2D eigenvalue weighted by atomic mass is 19.1. The molecule has 13 heteroatoms. The lowest BCUT2D eigenvalue weighted by molar-refractivity contribution is -0.118. The molecule has 4 fully saturated rings. The van der Waals surface area contributed by atoms with Crippen LogP contribution in [0.15, 0.2) is 114 Å². The van der Waals surface area contributed by atoms with E-state index in [0.29, 0.717) is 45.5 Å². The van der Waals surface area contributed by atoms with E-state index in [1.807, 2.05) is 30.3 Å². The lowest BCUT2D eigenvalue weighted by atomic mass is 9.99. The predicted molar refractivity (Wildman–Crippen MR) is 193 cm³/mol. The van der Waals surface area contributed by atoms with Crippen molar-refractivity contribution >= 4 is 34.8 Å². The number of hydrogen-bond acceptors (Lipinski definition) is 10. The molecule has 2 N–H and O–H groups in total. The Morgan fingerprint density at radius 1 is 0.545 bits per heavy atom. The topological polar surface area (TPSA) is 152 Å². The van der Waals surface area contributed by atoms with Crippen molar-refractivity contribution in [2.75, 3.05) is 23.4 Å². The van der Waals surface area contributed by atoms with E-state index in [1.54, 1.807) is 36.4 Å². The van der Waals surface area contributed by atoms with Crippen LogP contribution < -0.4 is 28.7 Å². The molecule has 2 atom stereocenters. The number of carbonyl (C=O) groups excluding carboxylic acids is 4. The second kappa shape index (κ2) is 13.3. The first-order chi connectivity index (χ1) is 26.7. The van der Waals surface area contributed by atoms with Gasteiger partial charge in [0.25, 0.3) is 11.8 Å². The van der Waals surface area contributed by atoms with E-state index in [0.717, 1.165) is 25.7 Å². The van der Waals surface area contributed by atoms with Gasteiger partial charge in [0.1, 0.15) is 40.6 Å². The summed E-state index contributed by atoms with van der Waals surface area (Å²) in [5.41, 5.74) is 1.86. The normalized spacial score (nSPS) is 22.9. The number of halogens is 1. The number of anilines is 2. The molecule has 278 valence electrons. The average molecular weight is 745 g/mol. The number of aliphatic hydroxyl groups excluding tert-OH is 2. The van der Waals surface area contributed by atoms with Gasteiger partial charge in [0.15, 0.2) is 34.6 Å². The third kappa shape index (κ3) is 6.01. The minimum Gasteiger partial charge on any atom is -0.511 e. The van der Waals surface area contributed by atoms with Crippen LogP contribution in [0.3, 0.4) is 0 Å². The standard InChI is InChI=1S/C21H16FNO5.C21H17NO5/c22-13-5-3-11(4-6-13)18-20(25)17(19(24)12-1-2-12)21(26)23(18)14-7-8-15-16(9-14)28-10-27-15;23-19(13-6-7-13)17-20(24)18(12-4-2-1-3-5-12)22(21(17)25)14-8-9-15-16(10-14)27-11-26-15/h3-9,12,18,24H,1-2,10H2;1-5,8-10,13,18,23H,6-7,11H2. The first kappa shape index (κ1) is 34.2. The number of Topliss-reactive ketones (excluding diaryl/α,β-unsaturated/α-hetero) is 2. The number of ketones is 2. The Hall–Kier alpha value is -6.63. The zero-order chi connectivity index (χ0) is 38.0. The molecule has 4 aliphatic heterocycles. The van der Waals surface area contributed by atoms with Gasteiger partial charge < -0.3 is 29.2 Å². The predicted octanol–water partition coefficient (Wildman–Crippen LogP) is 6.73. The third-order valence-electron chi connectivity index (χ3n) is 10.4. The SMILES string of the molecule is O=C1C(=C(O)C2CC2)C(=O)N(c2ccc3c(c2)OCO3)C1c1ccc(F)cc1.O=C1C(=C(O)C2CC2)C(=O)N(c2ccc3c(c2)OCO3)C1c1ccccc1. The first-order valence-corrected chi connectivity index (χ1v) is 17.9. The number of ether oxygens (including phenoxy) is 4. The molecular formula is C42H33FN2O10. The van der Waals surface area contributed by atoms with Crippen molar-refractivity contribution in [1.29, 1.82) is 0 Å². The zero-order valence-electron chi connectivity index (χ0n) is 29.1. The molecule has 4 aromatic carbocycles. The van der Waals surface area contributed by atoms with E-state index in [-0.39, 0.29) is 53.9 Å². The summed E-state index contributed by atoms with van der Waals surface area (Å²) in [5.74, 6) is -0.628. The largest absolute Gasteiger partial charge is 0.511 e. The van der Waals surface area contributed by atoms with Crippen LogP contribution in [0.5, 0.6) is 23.0 Å². The number of amides is 2. The third-order valence-corrected chi connectivity index (χ3v) is 10.4. The summed E-state index contributed by atoms with van der Waals surface area (Å²) in [7, 11) is 0. The summed E-state index contributed by atoms with van der Waals surface area (Å²) in [5, 5.41) is 20.9. The molecule has 2 unspecified atom stereocenters. The van der Waals surface area contributed by atoms with E-state index in [4.69, 9.17) is 18.9 Å². The van der Waals surface area contributed by atoms with Crippen LogP contribution in [-0.2, 0) is 19.2 Å². The molecule has 2 amide bonds. The maximum atomic E-state index is 13.4. The van der Waals surface area contributed by atoms with E-state index >= 15 is 0 Å². The monoisotopic (exact) mass is 744 g/mol. The summed E-state index contributed by atoms with van der Waals surface area (Å²) in [4.78, 5) is 55.5. The lowest BCUT2D eigenvalue weighted by Gasteiger charge is -2.23. The lowest BCUT2D eigenvalue weighted by Crippen LogP contribution is -2.29. The second-order valence-corrected chi connectivity index (χ2v) is 14.0. The Kier molecular flexibility index (Phi) is 8.29. The van der Waals surface area contributed by atoms with Crippen molar-refractivity contribution in [3.63, 3.8) is 0 Å². The Morgan fingerprint density at radius 2 is 0.964 bits per heavy atom. The Morgan fingerprint density at radius 3 is 1.40 bits per heavy atom. The average Bonchev–Trinajstić information content (AvgIpc) is 4.09. The smallest absolute Gasteiger partial charge is 0.266 e. The van der Waals surface area contributed by atoms with Gasteiger partial charge in [-0.2, -0.15) is 0 Å². The molecule has 2 saturated carbocycles. The van der Waals surface area contributed by atoms with Gasteiger partial charge in [0.05, 0.1) is 0 Å². The number of nitrogens with zero attached hydrogens (tertiary/aromatic N) is 2. The van der Waals surface area contributed by atoms with Crippen molar-refractivity contribution in [2.24, 2.45) is 11.8 Å². The molecule has 2 aliphatic carbocycles. The summed E-state index contributed by atoms with van der Waals surface area (Å²) in [6, 6.07) is 22.9. The van der Waals surface area contributed by atoms with Crippen molar-refractivity contribution < 1.29 is 52.7 Å². The Balaban J connectivity index is 0.000000144. The van der Waals surface area contributed by atoms with Crippen LogP contribution in [0.1, 0.15) is 48.9 Å². The van der Waals surface area contributed by atoms with E-state index in [9.17, 15) is 33.8 Å². The van der Waals surface area contributed by atoms with E-state index in [1.165, 1.54) is 34.1 Å². The zero-order valence-corrected chi connectivity index (χ0v) is 29.1. The van der Waals surface area contributed by atoms with Crippen molar-refractivity contribution in [1.82, 2.24) is 0 Å². The van der Waals surface area contributed by atoms with E-state index < -0.39 is 35.5 Å². The fourth-order valence-corrected chi connectivity index (χ4v) is 7.27. The molecule has 2 saturated heterocycles. The summed E-state index contributed by atoms with van der Waals surface area (Å²) >= 11 is 0. The number of allylic oxidation sites excluding steroid dienone is 2. The molecule has 0 spiro atoms. The molecule has 0 radical (unpaired) electrons. The molecule has 55 heavy (non-hydrogen) atoms. The van der Waals surface area contributed by atoms with Crippen LogP contribution in [0.25, 0.3) is 0 Å². The van der Waals surface area contributed by atoms with Gasteiger partial charge in [-0.1, -0.05) is 42.5 Å². The number of aliphatic hydroxyl groups is 2. The highest BCUT2D eigenvalue weighted by Crippen LogP contribution is 2.47. The molecule has 4 heterocycles.